The van der Waals surface area contributed by atoms with Crippen molar-refractivity contribution in [3.05, 3.63) is 41.9 Å². The van der Waals surface area contributed by atoms with Crippen LogP contribution in [0.2, 0.25) is 0 Å². The number of anilines is 1. The van der Waals surface area contributed by atoms with E-state index >= 15 is 0 Å². The minimum absolute atomic E-state index is 0.0452. The molecule has 1 aromatic heterocycles. The van der Waals surface area contributed by atoms with Crippen molar-refractivity contribution in [2.75, 3.05) is 26.5 Å². The molecule has 37 heavy (non-hydrogen) atoms. The molecule has 4 aliphatic heterocycles. The normalized spacial score (nSPS) is 24.4. The van der Waals surface area contributed by atoms with Crippen LogP contribution in [0.3, 0.4) is 0 Å². The second-order valence-electron chi connectivity index (χ2n) is 7.92. The first-order valence-corrected chi connectivity index (χ1v) is 12.5. The Hall–Kier alpha value is -4.12. The number of amides is 2. The number of carbonyl (C=O) groups is 3. The summed E-state index contributed by atoms with van der Waals surface area (Å²) in [4.78, 5) is 49.6. The van der Waals surface area contributed by atoms with Gasteiger partial charge in [-0.05, 0) is 12.2 Å². The number of β-lactam (4-membered cyclic amide) rings is 1. The second-order valence-corrected chi connectivity index (χ2v) is 10.1. The summed E-state index contributed by atoms with van der Waals surface area (Å²) >= 11 is 2.24. The van der Waals surface area contributed by atoms with Crippen molar-refractivity contribution >= 4 is 57.8 Å². The van der Waals surface area contributed by atoms with Gasteiger partial charge in [0.05, 0.1) is 7.11 Å². The van der Waals surface area contributed by atoms with Crippen LogP contribution in [0.5, 0.6) is 0 Å². The van der Waals surface area contributed by atoms with Crippen molar-refractivity contribution in [1.29, 1.82) is 0 Å². The number of nitrogens with one attached hydrogen (secondary N) is 1. The fraction of sp³-hybridized carbons (Fsp3) is 0.350. The van der Waals surface area contributed by atoms with E-state index in [1.165, 1.54) is 23.8 Å². The Morgan fingerprint density at radius 3 is 2.84 bits per heavy atom. The number of oxime groups is 1. The van der Waals surface area contributed by atoms with E-state index < -0.39 is 29.2 Å². The van der Waals surface area contributed by atoms with E-state index in [1.807, 2.05) is 17.2 Å². The van der Waals surface area contributed by atoms with Crippen LogP contribution in [0.4, 0.5) is 5.13 Å². The topological polar surface area (TPSA) is 188 Å². The van der Waals surface area contributed by atoms with Crippen LogP contribution in [0.25, 0.3) is 0 Å². The molecule has 4 aliphatic rings. The molecule has 0 aliphatic carbocycles. The number of hydrazone groups is 1. The average molecular weight is 548 g/mol. The third kappa shape index (κ3) is 4.46. The number of nitrogens with two attached hydrogens (primary N) is 1. The summed E-state index contributed by atoms with van der Waals surface area (Å²) in [5.74, 6) is -1.19. The smallest absolute Gasteiger partial charge is 0.352 e. The first-order chi connectivity index (χ1) is 17.8. The lowest BCUT2D eigenvalue weighted by Gasteiger charge is -2.50. The van der Waals surface area contributed by atoms with Crippen LogP contribution in [0.15, 0.2) is 46.3 Å². The number of aliphatic carboxylic acids is 1. The Bertz CT molecular complexity index is 1300. The quantitative estimate of drug-likeness (QED) is 0.226. The highest BCUT2D eigenvalue weighted by atomic mass is 32.2. The first kappa shape index (κ1) is 24.6. The van der Waals surface area contributed by atoms with Crippen molar-refractivity contribution in [3.63, 3.8) is 0 Å². The average Bonchev–Trinajstić information content (AvgIpc) is 3.50. The highest BCUT2D eigenvalue weighted by Crippen LogP contribution is 2.42. The van der Waals surface area contributed by atoms with E-state index in [4.69, 9.17) is 15.3 Å². The number of ether oxygens (including phenoxy) is 1. The molecule has 1 fully saturated rings. The fourth-order valence-electron chi connectivity index (χ4n) is 4.09. The SMILES string of the molecule is CON=C(C(=O)N[C@@H]1C(=O)N2C(C(=O)O)=CC(CN3C=CN4N=C(OC)CC=C34)S[C@@H]12)c1nsc(N)n1. The standard InChI is InChI=1S/C20H21N9O6S2/c1-34-11-3-4-12-27(5-6-28(12)24-11)8-9-7-10(19(32)33)29-17(31)14(18(29)36-9)22-16(30)13(25-35-2)15-23-20(21)37-26-15/h4-7,9,14,18H,3,8H2,1-2H3,(H,22,30)(H,32,33)(H2,21,23,26)/t9?,14-,18+/m1/s1. The predicted molar refractivity (Wildman–Crippen MR) is 132 cm³/mol. The molecule has 5 heterocycles. The van der Waals surface area contributed by atoms with Gasteiger partial charge in [0.15, 0.2) is 5.13 Å². The van der Waals surface area contributed by atoms with Gasteiger partial charge in [0.2, 0.25) is 17.4 Å². The number of fused-ring (bicyclic) bond motifs is 2. The summed E-state index contributed by atoms with van der Waals surface area (Å²) in [5, 5.41) is 21.3. The van der Waals surface area contributed by atoms with Crippen LogP contribution in [0.1, 0.15) is 12.2 Å². The van der Waals surface area contributed by atoms with Crippen molar-refractivity contribution < 1.29 is 29.1 Å². The van der Waals surface area contributed by atoms with E-state index in [1.54, 1.807) is 24.4 Å². The second kappa shape index (κ2) is 9.74. The number of carbonyl (C=O) groups excluding carboxylic acids is 2. The maximum Gasteiger partial charge on any atom is 0.352 e. The number of carboxylic acid groups (broad SMARTS) is 1. The molecular weight excluding hydrogens is 526 g/mol. The van der Waals surface area contributed by atoms with Crippen molar-refractivity contribution in [2.24, 2.45) is 10.3 Å². The molecule has 3 atom stereocenters. The van der Waals surface area contributed by atoms with Crippen LogP contribution < -0.4 is 11.1 Å². The van der Waals surface area contributed by atoms with Gasteiger partial charge in [0, 0.05) is 42.1 Å². The van der Waals surface area contributed by atoms with Gasteiger partial charge in [0.25, 0.3) is 11.8 Å². The van der Waals surface area contributed by atoms with Crippen molar-refractivity contribution in [1.82, 2.24) is 29.5 Å². The third-order valence-corrected chi connectivity index (χ3v) is 7.66. The van der Waals surface area contributed by atoms with Gasteiger partial charge in [-0.15, -0.1) is 16.9 Å². The molecule has 4 N–H and O–H groups in total. The molecule has 0 radical (unpaired) electrons. The van der Waals surface area contributed by atoms with Gasteiger partial charge in [0.1, 0.15) is 30.0 Å². The van der Waals surface area contributed by atoms with Crippen LogP contribution in [0, 0.1) is 0 Å². The largest absolute Gasteiger partial charge is 0.483 e. The number of hydrogen-bond acceptors (Lipinski definition) is 14. The predicted octanol–water partition coefficient (Wildman–Crippen LogP) is -0.498. The van der Waals surface area contributed by atoms with Crippen LogP contribution in [-0.2, 0) is 24.0 Å². The number of rotatable bonds is 7. The van der Waals surface area contributed by atoms with E-state index in [9.17, 15) is 19.5 Å². The number of carboxylic acids is 1. The molecule has 15 nitrogen and oxygen atoms in total. The lowest BCUT2D eigenvalue weighted by molar-refractivity contribution is -0.150. The van der Waals surface area contributed by atoms with Gasteiger partial charge < -0.3 is 30.6 Å². The summed E-state index contributed by atoms with van der Waals surface area (Å²) in [6, 6.07) is -0.991. The molecule has 5 rings (SSSR count). The zero-order valence-electron chi connectivity index (χ0n) is 19.5. The molecule has 0 bridgehead atoms. The van der Waals surface area contributed by atoms with Gasteiger partial charge in [-0.2, -0.15) is 9.36 Å². The van der Waals surface area contributed by atoms with Crippen molar-refractivity contribution in [2.45, 2.75) is 23.1 Å². The van der Waals surface area contributed by atoms with Crippen LogP contribution >= 0.6 is 23.3 Å². The molecule has 2 amide bonds. The summed E-state index contributed by atoms with van der Waals surface area (Å²) in [7, 11) is 2.81. The summed E-state index contributed by atoms with van der Waals surface area (Å²) < 4.78 is 9.17. The van der Waals surface area contributed by atoms with E-state index in [0.29, 0.717) is 18.9 Å². The highest BCUT2D eigenvalue weighted by molar-refractivity contribution is 8.00. The molecule has 1 unspecified atom stereocenters. The molecule has 17 heteroatoms. The Balaban J connectivity index is 1.32. The third-order valence-electron chi connectivity index (χ3n) is 5.73. The van der Waals surface area contributed by atoms with Crippen LogP contribution in [-0.4, -0.2) is 96.1 Å². The van der Waals surface area contributed by atoms with Crippen molar-refractivity contribution in [3.8, 4) is 0 Å². The fourth-order valence-corrected chi connectivity index (χ4v) is 6.02. The lowest BCUT2D eigenvalue weighted by atomic mass is 10.0. The Morgan fingerprint density at radius 2 is 2.16 bits per heavy atom. The molecular formula is C20H21N9O6S2. The molecule has 0 saturated carbocycles. The Labute approximate surface area is 218 Å². The summed E-state index contributed by atoms with van der Waals surface area (Å²) in [6.07, 6.45) is 7.64. The maximum absolute atomic E-state index is 12.9. The van der Waals surface area contributed by atoms with Gasteiger partial charge in [-0.3, -0.25) is 14.5 Å². The van der Waals surface area contributed by atoms with E-state index in [-0.39, 0.29) is 27.6 Å². The zero-order chi connectivity index (χ0) is 26.3. The zero-order valence-corrected chi connectivity index (χ0v) is 21.1. The molecule has 194 valence electrons. The minimum atomic E-state index is -1.23. The molecule has 1 aromatic rings. The molecule has 0 aromatic carbocycles. The maximum atomic E-state index is 12.9. The monoisotopic (exact) mass is 547 g/mol. The summed E-state index contributed by atoms with van der Waals surface area (Å²) in [5.41, 5.74) is 5.21. The number of methoxy groups -OCH3 is 1. The number of nitrogen functional groups attached to an aromatic ring is 1. The number of hydrogen-bond donors (Lipinski definition) is 3. The lowest BCUT2D eigenvalue weighted by Crippen LogP contribution is -2.71. The highest BCUT2D eigenvalue weighted by Gasteiger charge is 2.55. The van der Waals surface area contributed by atoms with E-state index in [0.717, 1.165) is 17.4 Å². The minimum Gasteiger partial charge on any atom is -0.483 e. The summed E-state index contributed by atoms with van der Waals surface area (Å²) in [6.45, 7) is 0.412. The molecule has 0 spiro atoms. The molecule has 1 saturated heterocycles. The van der Waals surface area contributed by atoms with Gasteiger partial charge >= 0.3 is 5.97 Å². The number of nitrogens with zero attached hydrogens (tertiary/aromatic N) is 7. The first-order valence-electron chi connectivity index (χ1n) is 10.8. The van der Waals surface area contributed by atoms with E-state index in [2.05, 4.69) is 24.9 Å². The Morgan fingerprint density at radius 1 is 1.35 bits per heavy atom. The van der Waals surface area contributed by atoms with Gasteiger partial charge in [-0.1, -0.05) is 5.16 Å². The number of aromatic nitrogens is 2. The van der Waals surface area contributed by atoms with Gasteiger partial charge in [-0.25, -0.2) is 9.80 Å². The number of thioether (sulfide) groups is 1. The Kier molecular flexibility index (Phi) is 6.46.